The quantitative estimate of drug-likeness (QED) is 0.249. The van der Waals surface area contributed by atoms with Crippen LogP contribution in [-0.4, -0.2) is 47.5 Å². The van der Waals surface area contributed by atoms with Gasteiger partial charge in [0.1, 0.15) is 0 Å². The van der Waals surface area contributed by atoms with Crippen LogP contribution in [0, 0.1) is 5.41 Å². The summed E-state index contributed by atoms with van der Waals surface area (Å²) in [6, 6.07) is 10.8. The molecule has 0 amide bonds. The number of carbonyl (C=O) groups excluding carboxylic acids is 2. The van der Waals surface area contributed by atoms with Gasteiger partial charge in [-0.25, -0.2) is 22.0 Å². The number of hydrogen-bond donors (Lipinski definition) is 3. The second kappa shape index (κ2) is 10.7. The van der Waals surface area contributed by atoms with E-state index in [-0.39, 0.29) is 29.6 Å². The largest absolute Gasteiger partial charge is 0.731 e. The summed E-state index contributed by atoms with van der Waals surface area (Å²) in [6.45, 7) is 0. The van der Waals surface area contributed by atoms with Crippen LogP contribution in [0.4, 0.5) is 5.69 Å². The summed E-state index contributed by atoms with van der Waals surface area (Å²) in [5.41, 5.74) is -1.17. The van der Waals surface area contributed by atoms with Gasteiger partial charge in [-0.15, -0.1) is 0 Å². The predicted octanol–water partition coefficient (Wildman–Crippen LogP) is 0.700. The Hall–Kier alpha value is -3.04. The molecule has 0 fully saturated rings. The third-order valence-corrected chi connectivity index (χ3v) is 5.98. The van der Waals surface area contributed by atoms with Gasteiger partial charge in [0, 0.05) is 5.69 Å². The minimum absolute atomic E-state index is 0. The first kappa shape index (κ1) is 28.0. The summed E-state index contributed by atoms with van der Waals surface area (Å²) < 4.78 is 67.3. The molecule has 0 bridgehead atoms. The number of quaternary nitrogens is 1. The van der Waals surface area contributed by atoms with Gasteiger partial charge in [-0.2, -0.15) is 0 Å². The molecule has 2 aromatic rings. The van der Waals surface area contributed by atoms with Gasteiger partial charge in [0.2, 0.25) is 10.0 Å². The van der Waals surface area contributed by atoms with Gasteiger partial charge in [-0.1, -0.05) is 24.3 Å². The van der Waals surface area contributed by atoms with Gasteiger partial charge >= 0.3 is 11.9 Å². The molecule has 182 valence electrons. The molecule has 0 saturated heterocycles. The Bertz CT molecular complexity index is 1200. The zero-order chi connectivity index (χ0) is 24.2. The number of methoxy groups -OCH3 is 2. The smallest absolute Gasteiger partial charge is 0.323 e. The predicted molar refractivity (Wildman–Crippen MR) is 117 cm³/mol. The minimum Gasteiger partial charge on any atom is -0.731 e. The lowest BCUT2D eigenvalue weighted by atomic mass is 9.76. The van der Waals surface area contributed by atoms with Gasteiger partial charge in [0.15, 0.2) is 15.7 Å². The Morgan fingerprint density at radius 3 is 1.91 bits per heavy atom. The fourth-order valence-corrected chi connectivity index (χ4v) is 4.20. The number of benzene rings is 2. The molecule has 0 radical (unpaired) electrons. The van der Waals surface area contributed by atoms with Crippen LogP contribution in [0.5, 0.6) is 0 Å². The number of sulfonamides is 1. The summed E-state index contributed by atoms with van der Waals surface area (Å²) in [4.78, 5) is 25.4. The van der Waals surface area contributed by atoms with Gasteiger partial charge < -0.3 is 20.2 Å². The molecule has 0 aliphatic carbocycles. The summed E-state index contributed by atoms with van der Waals surface area (Å²) in [5, 5.41) is 5.16. The number of primary sulfonamides is 1. The summed E-state index contributed by atoms with van der Waals surface area (Å²) in [5.74, 6) is -1.84. The molecule has 0 saturated carbocycles. The monoisotopic (exact) mass is 503 g/mol. The highest BCUT2D eigenvalue weighted by Crippen LogP contribution is 2.32. The maximum atomic E-state index is 12.8. The Kier molecular flexibility index (Phi) is 9.09. The molecule has 0 atom stereocenters. The fraction of sp³-hybridized carbons (Fsp3) is 0.263. The highest BCUT2D eigenvalue weighted by atomic mass is 32.2. The third-order valence-electron chi connectivity index (χ3n) is 4.59. The van der Waals surface area contributed by atoms with E-state index in [9.17, 15) is 31.0 Å². The van der Waals surface area contributed by atoms with E-state index in [1.54, 1.807) is 4.72 Å². The molecule has 0 aliphatic heterocycles. The first-order chi connectivity index (χ1) is 14.8. The molecule has 0 unspecified atom stereocenters. The molecular formula is C19H25N3O9S2. The van der Waals surface area contributed by atoms with Crippen molar-refractivity contribution in [3.05, 3.63) is 59.7 Å². The van der Waals surface area contributed by atoms with E-state index in [0.29, 0.717) is 11.1 Å². The van der Waals surface area contributed by atoms with Crippen molar-refractivity contribution < 1.29 is 40.5 Å². The average molecular weight is 504 g/mol. The lowest BCUT2D eigenvalue weighted by molar-refractivity contribution is -0.169. The number of esters is 2. The van der Waals surface area contributed by atoms with E-state index < -0.39 is 37.7 Å². The number of ether oxygens (including phenoxy) is 2. The number of anilines is 1. The van der Waals surface area contributed by atoms with Gasteiger partial charge in [-0.3, -0.25) is 14.3 Å². The Morgan fingerprint density at radius 2 is 1.45 bits per heavy atom. The number of carbonyl (C=O) groups is 2. The van der Waals surface area contributed by atoms with Crippen LogP contribution in [0.3, 0.4) is 0 Å². The molecule has 0 heterocycles. The van der Waals surface area contributed by atoms with Crippen LogP contribution in [0.2, 0.25) is 0 Å². The van der Waals surface area contributed by atoms with Gasteiger partial charge in [0.25, 0.3) is 0 Å². The van der Waals surface area contributed by atoms with Crippen molar-refractivity contribution in [2.75, 3.05) is 18.9 Å². The minimum atomic E-state index is -4.72. The van der Waals surface area contributed by atoms with Crippen molar-refractivity contribution in [1.82, 2.24) is 6.15 Å². The molecule has 2 aromatic carbocycles. The zero-order valence-electron chi connectivity index (χ0n) is 18.1. The van der Waals surface area contributed by atoms with Crippen LogP contribution >= 0.6 is 0 Å². The molecule has 2 rings (SSSR count). The van der Waals surface area contributed by atoms with Crippen LogP contribution in [0.1, 0.15) is 11.1 Å². The molecule has 14 heteroatoms. The average Bonchev–Trinajstić information content (AvgIpc) is 2.72. The summed E-state index contributed by atoms with van der Waals surface area (Å²) >= 11 is 0. The second-order valence-electron chi connectivity index (χ2n) is 6.86. The maximum absolute atomic E-state index is 12.8. The lowest BCUT2D eigenvalue weighted by Crippen LogP contribution is -2.45. The number of rotatable bonds is 9. The van der Waals surface area contributed by atoms with E-state index in [1.807, 2.05) is 0 Å². The topological polar surface area (TPSA) is 218 Å². The van der Waals surface area contributed by atoms with Crippen LogP contribution in [-0.2, 0) is 52.2 Å². The van der Waals surface area contributed by atoms with E-state index in [4.69, 9.17) is 14.6 Å². The van der Waals surface area contributed by atoms with Crippen molar-refractivity contribution in [1.29, 1.82) is 0 Å². The van der Waals surface area contributed by atoms with Gasteiger partial charge in [-0.05, 0) is 48.2 Å². The lowest BCUT2D eigenvalue weighted by Gasteiger charge is -2.28. The standard InChI is InChI=1S/C19H22N2O9S2.H3N/c1-29-17(22)19(18(23)30-2,12-14-4-3-5-16(10-14)31(20,24)25)11-13-6-8-15(9-7-13)21-32(26,27)28;/h3-10,21H,11-12H2,1-2H3,(H2,20,24,25)(H,26,27,28);1H3. The van der Waals surface area contributed by atoms with E-state index in [0.717, 1.165) is 14.2 Å². The van der Waals surface area contributed by atoms with E-state index in [2.05, 4.69) is 0 Å². The Labute approximate surface area is 191 Å². The molecule has 0 aliphatic rings. The summed E-state index contributed by atoms with van der Waals surface area (Å²) in [6.07, 6.45) is -0.499. The molecule has 0 spiro atoms. The maximum Gasteiger partial charge on any atom is 0.323 e. The normalized spacial score (nSPS) is 11.8. The Morgan fingerprint density at radius 1 is 0.939 bits per heavy atom. The van der Waals surface area contributed by atoms with Crippen molar-refractivity contribution in [2.24, 2.45) is 10.6 Å². The molecule has 33 heavy (non-hydrogen) atoms. The number of hydrogen-bond acceptors (Lipinski definition) is 9. The molecule has 7 N–H and O–H groups in total. The van der Waals surface area contributed by atoms with Crippen molar-refractivity contribution in [3.63, 3.8) is 0 Å². The van der Waals surface area contributed by atoms with Crippen LogP contribution in [0.25, 0.3) is 0 Å². The Balaban J connectivity index is 0.00000544. The molecule has 0 aromatic heterocycles. The van der Waals surface area contributed by atoms with Crippen LogP contribution in [0.15, 0.2) is 53.4 Å². The van der Waals surface area contributed by atoms with Crippen molar-refractivity contribution in [3.8, 4) is 0 Å². The third kappa shape index (κ3) is 7.23. The van der Waals surface area contributed by atoms with Crippen molar-refractivity contribution in [2.45, 2.75) is 17.7 Å². The first-order valence-electron chi connectivity index (χ1n) is 8.92. The first-order valence-corrected chi connectivity index (χ1v) is 11.9. The second-order valence-corrected chi connectivity index (χ2v) is 9.54. The highest BCUT2D eigenvalue weighted by Gasteiger charge is 2.48. The molecule has 12 nitrogen and oxygen atoms in total. The van der Waals surface area contributed by atoms with E-state index >= 15 is 0 Å². The number of nitrogens with two attached hydrogens (primary N) is 1. The fourth-order valence-electron chi connectivity index (χ4n) is 3.19. The van der Waals surface area contributed by atoms with Crippen LogP contribution < -0.4 is 16.0 Å². The van der Waals surface area contributed by atoms with Crippen molar-refractivity contribution >= 4 is 38.0 Å². The van der Waals surface area contributed by atoms with E-state index in [1.165, 1.54) is 48.5 Å². The SMILES string of the molecule is COC(=O)C(Cc1ccc(NS(=O)(=O)[O-])cc1)(Cc1cccc(S(N)(=O)=O)c1)C(=O)OC.[NH4+]. The zero-order valence-corrected chi connectivity index (χ0v) is 19.7. The van der Waals surface area contributed by atoms with Gasteiger partial charge in [0.05, 0.1) is 19.1 Å². The number of nitrogens with one attached hydrogen (secondary N) is 1. The summed E-state index contributed by atoms with van der Waals surface area (Å²) in [7, 11) is -6.57. The molecular weight excluding hydrogens is 478 g/mol. The highest BCUT2D eigenvalue weighted by molar-refractivity contribution is 7.89.